The number of amides is 1. The molecule has 1 rings (SSSR count). The summed E-state index contributed by atoms with van der Waals surface area (Å²) in [6, 6.07) is 5.46. The lowest BCUT2D eigenvalue weighted by Crippen LogP contribution is -2.31. The van der Waals surface area contributed by atoms with Gasteiger partial charge in [-0.25, -0.2) is 0 Å². The predicted molar refractivity (Wildman–Crippen MR) is 103 cm³/mol. The average molecular weight is 387 g/mol. The fourth-order valence-electron chi connectivity index (χ4n) is 2.49. The highest BCUT2D eigenvalue weighted by molar-refractivity contribution is 7.87. The van der Waals surface area contributed by atoms with Gasteiger partial charge in [0.15, 0.2) is 0 Å². The Kier molecular flexibility index (Phi) is 8.87. The third-order valence-electron chi connectivity index (χ3n) is 4.12. The van der Waals surface area contributed by atoms with Crippen LogP contribution in [0.5, 0.6) is 5.75 Å². The molecule has 0 N–H and O–H groups in total. The lowest BCUT2D eigenvalue weighted by Gasteiger charge is -2.25. The molecular weight excluding hydrogens is 356 g/mol. The Labute approximate surface area is 157 Å². The fourth-order valence-corrected chi connectivity index (χ4v) is 3.03. The molecule has 0 unspecified atom stereocenters. The minimum absolute atomic E-state index is 0.112. The summed E-state index contributed by atoms with van der Waals surface area (Å²) in [5.74, 6) is 0.0289. The molecule has 0 heterocycles. The molecule has 8 heteroatoms. The van der Waals surface area contributed by atoms with Crippen molar-refractivity contribution in [2.75, 3.05) is 44.0 Å². The van der Waals surface area contributed by atoms with Crippen LogP contribution in [0.1, 0.15) is 33.3 Å². The van der Waals surface area contributed by atoms with Gasteiger partial charge in [0, 0.05) is 57.5 Å². The van der Waals surface area contributed by atoms with E-state index in [-0.39, 0.29) is 24.0 Å². The molecule has 0 aromatic heterocycles. The number of ether oxygens (including phenoxy) is 1. The molecule has 0 saturated carbocycles. The molecule has 148 valence electrons. The van der Waals surface area contributed by atoms with Crippen molar-refractivity contribution in [3.8, 4) is 5.75 Å². The zero-order chi connectivity index (χ0) is 19.7. The molecule has 0 bridgehead atoms. The lowest BCUT2D eigenvalue weighted by molar-refractivity contribution is -0.130. The van der Waals surface area contributed by atoms with Gasteiger partial charge in [-0.15, -0.1) is 0 Å². The van der Waals surface area contributed by atoms with E-state index in [1.54, 1.807) is 18.1 Å². The number of benzene rings is 1. The van der Waals surface area contributed by atoms with Crippen molar-refractivity contribution in [1.82, 2.24) is 4.90 Å². The Bertz CT molecular complexity index is 687. The first-order valence-electron chi connectivity index (χ1n) is 8.82. The number of anilines is 1. The van der Waals surface area contributed by atoms with E-state index in [1.807, 2.05) is 26.0 Å². The van der Waals surface area contributed by atoms with Gasteiger partial charge in [0.25, 0.3) is 0 Å². The molecule has 1 aromatic rings. The summed E-state index contributed by atoms with van der Waals surface area (Å²) in [5.41, 5.74) is 1.52. The molecule has 26 heavy (non-hydrogen) atoms. The largest absolute Gasteiger partial charge is 0.383 e. The van der Waals surface area contributed by atoms with Crippen LogP contribution in [0.15, 0.2) is 18.2 Å². The van der Waals surface area contributed by atoms with E-state index in [0.29, 0.717) is 18.7 Å². The van der Waals surface area contributed by atoms with Crippen LogP contribution in [0.4, 0.5) is 5.69 Å². The molecule has 0 aliphatic carbocycles. The van der Waals surface area contributed by atoms with Gasteiger partial charge in [-0.3, -0.25) is 4.79 Å². The first-order chi connectivity index (χ1) is 12.3. The van der Waals surface area contributed by atoms with Crippen LogP contribution < -0.4 is 9.08 Å². The second kappa shape index (κ2) is 10.4. The van der Waals surface area contributed by atoms with Gasteiger partial charge in [-0.05, 0) is 26.8 Å². The van der Waals surface area contributed by atoms with Crippen LogP contribution in [0.25, 0.3) is 0 Å². The maximum absolute atomic E-state index is 12.0. The number of rotatable bonds is 11. The minimum Gasteiger partial charge on any atom is -0.383 e. The van der Waals surface area contributed by atoms with Gasteiger partial charge >= 0.3 is 10.1 Å². The Hall–Kier alpha value is -1.80. The van der Waals surface area contributed by atoms with Crippen molar-refractivity contribution < 1.29 is 22.1 Å². The van der Waals surface area contributed by atoms with Gasteiger partial charge < -0.3 is 18.7 Å². The molecule has 0 fully saturated rings. The molecule has 1 aromatic carbocycles. The van der Waals surface area contributed by atoms with Crippen molar-refractivity contribution >= 4 is 21.7 Å². The smallest absolute Gasteiger partial charge is 0.308 e. The fraction of sp³-hybridized carbons (Fsp3) is 0.611. The zero-order valence-electron chi connectivity index (χ0n) is 16.3. The molecule has 0 spiro atoms. The van der Waals surface area contributed by atoms with Crippen LogP contribution in [-0.4, -0.2) is 58.3 Å². The van der Waals surface area contributed by atoms with E-state index >= 15 is 0 Å². The standard InChI is InChI=1S/C18H30N2O5S/c1-6-19(7-2)17-10-9-16(14-20(15(4)21)11-12-24-5)18(13-17)25-26(22,23)8-3/h9-10,13H,6-8,11-12,14H2,1-5H3. The SMILES string of the molecule is CCN(CC)c1ccc(CN(CCOC)C(C)=O)c(OS(=O)(=O)CC)c1. The normalized spacial score (nSPS) is 11.3. The summed E-state index contributed by atoms with van der Waals surface area (Å²) in [6.45, 7) is 9.74. The first kappa shape index (κ1) is 22.2. The van der Waals surface area contributed by atoms with Crippen molar-refractivity contribution in [3.63, 3.8) is 0 Å². The number of nitrogens with zero attached hydrogens (tertiary/aromatic N) is 2. The molecule has 0 aliphatic heterocycles. The van der Waals surface area contributed by atoms with E-state index in [0.717, 1.165) is 18.8 Å². The topological polar surface area (TPSA) is 76.2 Å². The lowest BCUT2D eigenvalue weighted by atomic mass is 10.1. The van der Waals surface area contributed by atoms with Crippen molar-refractivity contribution in [2.45, 2.75) is 34.2 Å². The van der Waals surface area contributed by atoms with Crippen LogP contribution in [0.2, 0.25) is 0 Å². The highest BCUT2D eigenvalue weighted by Crippen LogP contribution is 2.28. The summed E-state index contributed by atoms with van der Waals surface area (Å²) in [6.07, 6.45) is 0. The first-order valence-corrected chi connectivity index (χ1v) is 10.4. The summed E-state index contributed by atoms with van der Waals surface area (Å²) in [7, 11) is -2.10. The monoisotopic (exact) mass is 386 g/mol. The third-order valence-corrected chi connectivity index (χ3v) is 5.26. The number of hydrogen-bond acceptors (Lipinski definition) is 6. The van der Waals surface area contributed by atoms with E-state index in [1.165, 1.54) is 13.8 Å². The van der Waals surface area contributed by atoms with Crippen LogP contribution in [-0.2, 0) is 26.2 Å². The Morgan fingerprint density at radius 1 is 1.15 bits per heavy atom. The highest BCUT2D eigenvalue weighted by Gasteiger charge is 2.18. The maximum atomic E-state index is 12.0. The van der Waals surface area contributed by atoms with E-state index in [4.69, 9.17) is 8.92 Å². The van der Waals surface area contributed by atoms with Crippen molar-refractivity contribution in [1.29, 1.82) is 0 Å². The summed E-state index contributed by atoms with van der Waals surface area (Å²) in [4.78, 5) is 15.6. The van der Waals surface area contributed by atoms with Crippen molar-refractivity contribution in [3.05, 3.63) is 23.8 Å². The predicted octanol–water partition coefficient (Wildman–Crippen LogP) is 2.26. The summed E-state index contributed by atoms with van der Waals surface area (Å²) >= 11 is 0. The number of carbonyl (C=O) groups excluding carboxylic acids is 1. The van der Waals surface area contributed by atoms with E-state index in [9.17, 15) is 13.2 Å². The molecule has 1 amide bonds. The van der Waals surface area contributed by atoms with Crippen LogP contribution >= 0.6 is 0 Å². The quantitative estimate of drug-likeness (QED) is 0.543. The Balaban J connectivity index is 3.24. The van der Waals surface area contributed by atoms with Gasteiger partial charge in [0.2, 0.25) is 5.91 Å². The minimum atomic E-state index is -3.67. The maximum Gasteiger partial charge on any atom is 0.308 e. The van der Waals surface area contributed by atoms with E-state index in [2.05, 4.69) is 4.90 Å². The molecular formula is C18H30N2O5S. The number of hydrogen-bond donors (Lipinski definition) is 0. The molecule has 0 atom stereocenters. The highest BCUT2D eigenvalue weighted by atomic mass is 32.2. The van der Waals surface area contributed by atoms with Crippen LogP contribution in [0.3, 0.4) is 0 Å². The van der Waals surface area contributed by atoms with Gasteiger partial charge in [-0.1, -0.05) is 6.07 Å². The number of carbonyl (C=O) groups is 1. The third kappa shape index (κ3) is 6.49. The van der Waals surface area contributed by atoms with Crippen molar-refractivity contribution in [2.24, 2.45) is 0 Å². The Morgan fingerprint density at radius 3 is 2.31 bits per heavy atom. The summed E-state index contributed by atoms with van der Waals surface area (Å²) in [5, 5.41) is 0. The van der Waals surface area contributed by atoms with Crippen LogP contribution in [0, 0.1) is 0 Å². The molecule has 0 radical (unpaired) electrons. The Morgan fingerprint density at radius 2 is 1.81 bits per heavy atom. The van der Waals surface area contributed by atoms with Gasteiger partial charge in [0.1, 0.15) is 5.75 Å². The zero-order valence-corrected chi connectivity index (χ0v) is 17.1. The van der Waals surface area contributed by atoms with Gasteiger partial charge in [0.05, 0.1) is 12.4 Å². The summed E-state index contributed by atoms with van der Waals surface area (Å²) < 4.78 is 34.4. The average Bonchev–Trinajstić information content (AvgIpc) is 2.60. The molecule has 7 nitrogen and oxygen atoms in total. The molecule has 0 aliphatic rings. The van der Waals surface area contributed by atoms with Gasteiger partial charge in [-0.2, -0.15) is 8.42 Å². The second-order valence-electron chi connectivity index (χ2n) is 5.83. The molecule has 0 saturated heterocycles. The second-order valence-corrected chi connectivity index (χ2v) is 7.69. The van der Waals surface area contributed by atoms with E-state index < -0.39 is 10.1 Å². The number of methoxy groups -OCH3 is 1.